The minimum Gasteiger partial charge on any atom is -0.494 e. The fraction of sp³-hybridized carbons (Fsp3) is 0.214. The molecule has 3 rings (SSSR count). The van der Waals surface area contributed by atoms with Crippen LogP contribution >= 0.6 is 0 Å². The van der Waals surface area contributed by atoms with Crippen molar-refractivity contribution >= 4 is 29.7 Å². The highest BCUT2D eigenvalue weighted by Gasteiger charge is 2.14. The van der Waals surface area contributed by atoms with E-state index in [2.05, 4.69) is 22.8 Å². The predicted molar refractivity (Wildman–Crippen MR) is 140 cm³/mol. The van der Waals surface area contributed by atoms with E-state index in [0.717, 1.165) is 18.4 Å². The summed E-state index contributed by atoms with van der Waals surface area (Å²) in [6.07, 6.45) is 3.33. The Morgan fingerprint density at radius 2 is 1.65 bits per heavy atom. The van der Waals surface area contributed by atoms with E-state index in [1.54, 1.807) is 54.6 Å². The number of nitrogens with one attached hydrogen (secondary N) is 2. The van der Waals surface area contributed by atoms with Gasteiger partial charge in [-0.25, -0.2) is 10.2 Å². The Hall–Kier alpha value is -4.66. The van der Waals surface area contributed by atoms with Crippen LogP contribution in [0.4, 0.5) is 5.69 Å². The quantitative estimate of drug-likeness (QED) is 0.105. The van der Waals surface area contributed by atoms with Crippen LogP contribution in [0.1, 0.15) is 41.3 Å². The maximum atomic E-state index is 12.6. The number of amides is 2. The van der Waals surface area contributed by atoms with Crippen LogP contribution in [0.5, 0.6) is 17.2 Å². The van der Waals surface area contributed by atoms with Crippen molar-refractivity contribution < 1.29 is 28.6 Å². The van der Waals surface area contributed by atoms with Crippen LogP contribution < -0.4 is 25.0 Å². The van der Waals surface area contributed by atoms with Gasteiger partial charge in [-0.3, -0.25) is 9.59 Å². The lowest BCUT2D eigenvalue weighted by Gasteiger charge is -2.10. The number of unbranched alkanes of at least 4 members (excludes halogenated alkanes) is 1. The zero-order valence-corrected chi connectivity index (χ0v) is 20.9. The van der Waals surface area contributed by atoms with Gasteiger partial charge in [-0.05, 0) is 73.5 Å². The third-order valence-corrected chi connectivity index (χ3v) is 5.14. The van der Waals surface area contributed by atoms with Gasteiger partial charge in [0, 0.05) is 5.69 Å². The summed E-state index contributed by atoms with van der Waals surface area (Å²) in [4.78, 5) is 36.6. The number of esters is 1. The van der Waals surface area contributed by atoms with Crippen molar-refractivity contribution in [2.24, 2.45) is 5.10 Å². The molecular weight excluding hydrogens is 474 g/mol. The first-order chi connectivity index (χ1) is 17.9. The molecule has 3 aromatic rings. The molecule has 9 heteroatoms. The molecule has 0 aliphatic carbocycles. The van der Waals surface area contributed by atoms with Crippen molar-refractivity contribution in [2.45, 2.75) is 26.7 Å². The highest BCUT2D eigenvalue weighted by Crippen LogP contribution is 2.28. The number of hydrogen-bond donors (Lipinski definition) is 2. The topological polar surface area (TPSA) is 115 Å². The second kappa shape index (κ2) is 13.4. The SMILES string of the molecule is CCCCOc1ccc(C(=O)Oc2ccc(/C=N/NC(=O)C(=O)Nc3ccc(C)cc3)cc2OC)cc1. The van der Waals surface area contributed by atoms with Crippen molar-refractivity contribution in [3.8, 4) is 17.2 Å². The Bertz CT molecular complexity index is 1250. The molecule has 3 aromatic carbocycles. The molecule has 9 nitrogen and oxygen atoms in total. The number of hydrogen-bond acceptors (Lipinski definition) is 7. The van der Waals surface area contributed by atoms with Gasteiger partial charge in [0.1, 0.15) is 5.75 Å². The molecule has 0 aliphatic heterocycles. The third-order valence-electron chi connectivity index (χ3n) is 5.14. The standard InChI is InChI=1S/C28H29N3O6/c1-4-5-16-36-23-13-9-21(10-14-23)28(34)37-24-15-8-20(17-25(24)35-3)18-29-31-27(33)26(32)30-22-11-6-19(2)7-12-22/h6-15,17-18H,4-5,16H2,1-3H3,(H,30,32)(H,31,33)/b29-18+. The Kier molecular flexibility index (Phi) is 9.78. The van der Waals surface area contributed by atoms with Crippen LogP contribution in [0, 0.1) is 6.92 Å². The third kappa shape index (κ3) is 8.21. The predicted octanol–water partition coefficient (Wildman–Crippen LogP) is 4.49. The summed E-state index contributed by atoms with van der Waals surface area (Å²) in [5.74, 6) is -1.12. The zero-order chi connectivity index (χ0) is 26.6. The normalized spacial score (nSPS) is 10.6. The molecule has 2 N–H and O–H groups in total. The van der Waals surface area contributed by atoms with Gasteiger partial charge in [0.25, 0.3) is 0 Å². The number of benzene rings is 3. The number of rotatable bonds is 10. The number of carbonyl (C=O) groups excluding carboxylic acids is 3. The van der Waals surface area contributed by atoms with Crippen molar-refractivity contribution in [2.75, 3.05) is 19.0 Å². The molecule has 0 aromatic heterocycles. The van der Waals surface area contributed by atoms with E-state index in [4.69, 9.17) is 14.2 Å². The van der Waals surface area contributed by atoms with Crippen molar-refractivity contribution in [1.29, 1.82) is 0 Å². The smallest absolute Gasteiger partial charge is 0.343 e. The minimum absolute atomic E-state index is 0.217. The molecule has 0 saturated carbocycles. The summed E-state index contributed by atoms with van der Waals surface area (Å²) in [6, 6.07) is 18.5. The molecule has 0 heterocycles. The van der Waals surface area contributed by atoms with Gasteiger partial charge in [0.2, 0.25) is 0 Å². The summed E-state index contributed by atoms with van der Waals surface area (Å²) in [5, 5.41) is 6.30. The molecular formula is C28H29N3O6. The maximum Gasteiger partial charge on any atom is 0.343 e. The monoisotopic (exact) mass is 503 g/mol. The van der Waals surface area contributed by atoms with Crippen LogP contribution in [0.25, 0.3) is 0 Å². The molecule has 37 heavy (non-hydrogen) atoms. The van der Waals surface area contributed by atoms with Crippen LogP contribution in [-0.4, -0.2) is 37.7 Å². The summed E-state index contributed by atoms with van der Waals surface area (Å²) in [5.41, 5.74) is 4.61. The van der Waals surface area contributed by atoms with Crippen LogP contribution in [0.2, 0.25) is 0 Å². The van der Waals surface area contributed by atoms with E-state index < -0.39 is 17.8 Å². The molecule has 192 valence electrons. The Morgan fingerprint density at radius 3 is 2.32 bits per heavy atom. The van der Waals surface area contributed by atoms with Crippen molar-refractivity contribution in [3.63, 3.8) is 0 Å². The largest absolute Gasteiger partial charge is 0.494 e. The summed E-state index contributed by atoms with van der Waals surface area (Å²) in [7, 11) is 1.44. The van der Waals surface area contributed by atoms with Crippen molar-refractivity contribution in [1.82, 2.24) is 5.43 Å². The van der Waals surface area contributed by atoms with Crippen LogP contribution in [0.15, 0.2) is 71.8 Å². The van der Waals surface area contributed by atoms with Gasteiger partial charge >= 0.3 is 17.8 Å². The van der Waals surface area contributed by atoms with Crippen molar-refractivity contribution in [3.05, 3.63) is 83.4 Å². The first kappa shape index (κ1) is 26.9. The molecule has 0 unspecified atom stereocenters. The maximum absolute atomic E-state index is 12.6. The minimum atomic E-state index is -0.920. The lowest BCUT2D eigenvalue weighted by atomic mass is 10.2. The first-order valence-electron chi connectivity index (χ1n) is 11.7. The van der Waals surface area contributed by atoms with Gasteiger partial charge in [-0.15, -0.1) is 0 Å². The van der Waals surface area contributed by atoms with E-state index in [0.29, 0.717) is 34.9 Å². The van der Waals surface area contributed by atoms with Gasteiger partial charge in [0.05, 0.1) is 25.5 Å². The number of aryl methyl sites for hydroxylation is 1. The number of methoxy groups -OCH3 is 1. The van der Waals surface area contributed by atoms with Crippen LogP contribution in [0.3, 0.4) is 0 Å². The second-order valence-corrected chi connectivity index (χ2v) is 8.05. The summed E-state index contributed by atoms with van der Waals surface area (Å²) in [6.45, 7) is 4.63. The van der Waals surface area contributed by atoms with E-state index in [-0.39, 0.29) is 5.75 Å². The van der Waals surface area contributed by atoms with Gasteiger partial charge in [0.15, 0.2) is 11.5 Å². The number of ether oxygens (including phenoxy) is 3. The molecule has 0 atom stereocenters. The number of hydrazone groups is 1. The fourth-order valence-corrected chi connectivity index (χ4v) is 3.07. The van der Waals surface area contributed by atoms with E-state index in [1.807, 2.05) is 19.1 Å². The lowest BCUT2D eigenvalue weighted by Crippen LogP contribution is -2.32. The summed E-state index contributed by atoms with van der Waals surface area (Å²) >= 11 is 0. The highest BCUT2D eigenvalue weighted by atomic mass is 16.6. The molecule has 0 saturated heterocycles. The van der Waals surface area contributed by atoms with Gasteiger partial charge in [-0.2, -0.15) is 5.10 Å². The molecule has 0 aliphatic rings. The molecule has 0 bridgehead atoms. The van der Waals surface area contributed by atoms with Gasteiger partial charge < -0.3 is 19.5 Å². The van der Waals surface area contributed by atoms with E-state index >= 15 is 0 Å². The Balaban J connectivity index is 1.56. The average Bonchev–Trinajstić information content (AvgIpc) is 2.91. The van der Waals surface area contributed by atoms with Crippen LogP contribution in [-0.2, 0) is 9.59 Å². The van der Waals surface area contributed by atoms with Gasteiger partial charge in [-0.1, -0.05) is 31.0 Å². The summed E-state index contributed by atoms with van der Waals surface area (Å²) < 4.78 is 16.4. The highest BCUT2D eigenvalue weighted by molar-refractivity contribution is 6.39. The molecule has 0 radical (unpaired) electrons. The molecule has 2 amide bonds. The number of anilines is 1. The fourth-order valence-electron chi connectivity index (χ4n) is 3.07. The zero-order valence-electron chi connectivity index (χ0n) is 20.9. The molecule has 0 spiro atoms. The number of carbonyl (C=O) groups is 3. The number of nitrogens with zero attached hydrogens (tertiary/aromatic N) is 1. The van der Waals surface area contributed by atoms with E-state index in [1.165, 1.54) is 13.3 Å². The Labute approximate surface area is 215 Å². The lowest BCUT2D eigenvalue weighted by molar-refractivity contribution is -0.136. The second-order valence-electron chi connectivity index (χ2n) is 8.05. The van der Waals surface area contributed by atoms with E-state index in [9.17, 15) is 14.4 Å². The average molecular weight is 504 g/mol. The molecule has 0 fully saturated rings. The Morgan fingerprint density at radius 1 is 0.919 bits per heavy atom. The first-order valence-corrected chi connectivity index (χ1v) is 11.7.